The van der Waals surface area contributed by atoms with Gasteiger partial charge in [-0.05, 0) is 47.3 Å². The molecule has 1 aliphatic rings. The van der Waals surface area contributed by atoms with Crippen molar-refractivity contribution >= 4 is 17.7 Å². The highest BCUT2D eigenvalue weighted by Gasteiger charge is 2.31. The lowest BCUT2D eigenvalue weighted by Gasteiger charge is -2.37. The summed E-state index contributed by atoms with van der Waals surface area (Å²) in [5.74, 6) is 0.222. The second-order valence-corrected chi connectivity index (χ2v) is 9.17. The van der Waals surface area contributed by atoms with Gasteiger partial charge in [-0.25, -0.2) is 4.39 Å². The predicted molar refractivity (Wildman–Crippen MR) is 99.1 cm³/mol. The van der Waals surface area contributed by atoms with Crippen LogP contribution >= 0.6 is 11.6 Å². The maximum atomic E-state index is 13.2. The van der Waals surface area contributed by atoms with E-state index in [1.807, 2.05) is 0 Å². The molecule has 1 aliphatic carbocycles. The van der Waals surface area contributed by atoms with Crippen molar-refractivity contribution in [1.82, 2.24) is 0 Å². The molecule has 0 aromatic heterocycles. The summed E-state index contributed by atoms with van der Waals surface area (Å²) in [6, 6.07) is 4.63. The molecule has 0 saturated carbocycles. The van der Waals surface area contributed by atoms with Gasteiger partial charge in [-0.2, -0.15) is 0 Å². The van der Waals surface area contributed by atoms with Gasteiger partial charge < -0.3 is 0 Å². The van der Waals surface area contributed by atoms with Crippen molar-refractivity contribution in [2.24, 2.45) is 16.7 Å². The number of rotatable bonds is 1. The highest BCUT2D eigenvalue weighted by molar-refractivity contribution is 6.32. The Labute approximate surface area is 145 Å². The minimum absolute atomic E-state index is 0.162. The fourth-order valence-electron chi connectivity index (χ4n) is 2.98. The first-order valence-electron chi connectivity index (χ1n) is 8.32. The summed E-state index contributed by atoms with van der Waals surface area (Å²) in [6.45, 7) is 13.7. The predicted octanol–water partition coefficient (Wildman–Crippen LogP) is 7.29. The molecule has 0 saturated heterocycles. The fourth-order valence-corrected chi connectivity index (χ4v) is 3.20. The average Bonchev–Trinajstić information content (AvgIpc) is 2.40. The highest BCUT2D eigenvalue weighted by Crippen LogP contribution is 2.44. The Bertz CT molecular complexity index is 639. The molecule has 0 N–H and O–H groups in total. The van der Waals surface area contributed by atoms with Gasteiger partial charge in [-0.3, -0.25) is 0 Å². The standard InChI is InChI=1S/C21H28ClF/c1-20(2,3)16-10-14(11-17(12-16)21(4,5)6)9-15-7-8-18(23)13-19(15)22/h7-9,12-13,16H,10-11H2,1-6H3. The number of benzene rings is 1. The van der Waals surface area contributed by atoms with Crippen molar-refractivity contribution in [2.45, 2.75) is 54.4 Å². The molecular formula is C21H28ClF. The van der Waals surface area contributed by atoms with Crippen LogP contribution in [-0.2, 0) is 0 Å². The maximum absolute atomic E-state index is 13.2. The van der Waals surface area contributed by atoms with Crippen LogP contribution in [0.5, 0.6) is 0 Å². The molecule has 23 heavy (non-hydrogen) atoms. The lowest BCUT2D eigenvalue weighted by atomic mass is 9.68. The van der Waals surface area contributed by atoms with E-state index in [-0.39, 0.29) is 16.6 Å². The van der Waals surface area contributed by atoms with Crippen molar-refractivity contribution in [2.75, 3.05) is 0 Å². The van der Waals surface area contributed by atoms with Crippen molar-refractivity contribution < 1.29 is 4.39 Å². The largest absolute Gasteiger partial charge is 0.207 e. The highest BCUT2D eigenvalue weighted by atomic mass is 35.5. The van der Waals surface area contributed by atoms with E-state index in [0.29, 0.717) is 10.9 Å². The van der Waals surface area contributed by atoms with Crippen LogP contribution in [-0.4, -0.2) is 0 Å². The fraction of sp³-hybridized carbons (Fsp3) is 0.524. The van der Waals surface area contributed by atoms with Crippen molar-refractivity contribution in [3.8, 4) is 0 Å². The molecule has 0 amide bonds. The Morgan fingerprint density at radius 1 is 1.13 bits per heavy atom. The molecule has 1 unspecified atom stereocenters. The normalized spacial score (nSPS) is 21.5. The minimum atomic E-state index is -0.288. The molecular weight excluding hydrogens is 307 g/mol. The minimum Gasteiger partial charge on any atom is -0.207 e. The van der Waals surface area contributed by atoms with Crippen LogP contribution in [0.4, 0.5) is 4.39 Å². The second-order valence-electron chi connectivity index (χ2n) is 8.76. The van der Waals surface area contributed by atoms with E-state index in [2.05, 4.69) is 53.7 Å². The molecule has 2 heteroatoms. The van der Waals surface area contributed by atoms with Crippen molar-refractivity contribution in [1.29, 1.82) is 0 Å². The third-order valence-corrected chi connectivity index (χ3v) is 5.03. The van der Waals surface area contributed by atoms with Crippen LogP contribution in [0, 0.1) is 22.6 Å². The van der Waals surface area contributed by atoms with Crippen LogP contribution in [0.15, 0.2) is 35.4 Å². The summed E-state index contributed by atoms with van der Waals surface area (Å²) >= 11 is 6.20. The molecule has 1 aromatic rings. The summed E-state index contributed by atoms with van der Waals surface area (Å²) in [5, 5.41) is 0.483. The first kappa shape index (κ1) is 18.3. The Balaban J connectivity index is 2.40. The number of halogens is 2. The van der Waals surface area contributed by atoms with E-state index in [1.54, 1.807) is 6.07 Å². The third-order valence-electron chi connectivity index (χ3n) is 4.70. The molecule has 126 valence electrons. The van der Waals surface area contributed by atoms with E-state index in [4.69, 9.17) is 11.6 Å². The van der Waals surface area contributed by atoms with Gasteiger partial charge in [0.2, 0.25) is 0 Å². The zero-order valence-corrected chi connectivity index (χ0v) is 15.9. The van der Waals surface area contributed by atoms with Gasteiger partial charge >= 0.3 is 0 Å². The molecule has 0 fully saturated rings. The van der Waals surface area contributed by atoms with E-state index in [9.17, 15) is 4.39 Å². The van der Waals surface area contributed by atoms with Gasteiger partial charge in [0.25, 0.3) is 0 Å². The van der Waals surface area contributed by atoms with Crippen LogP contribution in [0.1, 0.15) is 59.9 Å². The molecule has 2 rings (SSSR count). The summed E-state index contributed by atoms with van der Waals surface area (Å²) in [7, 11) is 0. The molecule has 0 aliphatic heterocycles. The summed E-state index contributed by atoms with van der Waals surface area (Å²) in [5.41, 5.74) is 4.16. The smallest absolute Gasteiger partial charge is 0.124 e. The van der Waals surface area contributed by atoms with Gasteiger partial charge in [-0.15, -0.1) is 0 Å². The second kappa shape index (κ2) is 6.43. The van der Waals surface area contributed by atoms with Crippen molar-refractivity contribution in [3.05, 3.63) is 51.8 Å². The number of allylic oxidation sites excluding steroid dienone is 3. The number of hydrogen-bond donors (Lipinski definition) is 0. The lowest BCUT2D eigenvalue weighted by Crippen LogP contribution is -2.25. The molecule has 0 spiro atoms. The van der Waals surface area contributed by atoms with E-state index >= 15 is 0 Å². The van der Waals surface area contributed by atoms with Crippen molar-refractivity contribution in [3.63, 3.8) is 0 Å². The summed E-state index contributed by atoms with van der Waals surface area (Å²) in [4.78, 5) is 0. The monoisotopic (exact) mass is 334 g/mol. The Hall–Kier alpha value is -1.08. The third kappa shape index (κ3) is 4.70. The zero-order valence-electron chi connectivity index (χ0n) is 15.1. The Morgan fingerprint density at radius 2 is 1.78 bits per heavy atom. The summed E-state index contributed by atoms with van der Waals surface area (Å²) < 4.78 is 13.2. The van der Waals surface area contributed by atoms with Crippen LogP contribution in [0.25, 0.3) is 6.08 Å². The number of hydrogen-bond acceptors (Lipinski definition) is 0. The molecule has 0 heterocycles. The first-order chi connectivity index (χ1) is 10.5. The summed E-state index contributed by atoms with van der Waals surface area (Å²) in [6.07, 6.45) is 6.64. The Kier molecular flexibility index (Phi) is 5.11. The molecule has 1 aromatic carbocycles. The molecule has 0 nitrogen and oxygen atoms in total. The van der Waals surface area contributed by atoms with Gasteiger partial charge in [0.15, 0.2) is 0 Å². The molecule has 0 bridgehead atoms. The van der Waals surface area contributed by atoms with Crippen LogP contribution in [0.3, 0.4) is 0 Å². The Morgan fingerprint density at radius 3 is 2.30 bits per heavy atom. The average molecular weight is 335 g/mol. The van der Waals surface area contributed by atoms with Gasteiger partial charge in [0, 0.05) is 0 Å². The topological polar surface area (TPSA) is 0 Å². The van der Waals surface area contributed by atoms with Crippen LogP contribution < -0.4 is 0 Å². The van der Waals surface area contributed by atoms with Gasteiger partial charge in [-0.1, -0.05) is 82.5 Å². The lowest BCUT2D eigenvalue weighted by molar-refractivity contribution is 0.277. The van der Waals surface area contributed by atoms with Gasteiger partial charge in [0.05, 0.1) is 5.02 Å². The SMILES string of the molecule is CC(C)(C)C1=CC(C(C)(C)C)CC(=Cc2ccc(F)cc2Cl)C1. The van der Waals surface area contributed by atoms with E-state index < -0.39 is 0 Å². The molecule has 0 radical (unpaired) electrons. The van der Waals surface area contributed by atoms with E-state index in [0.717, 1.165) is 18.4 Å². The van der Waals surface area contributed by atoms with Gasteiger partial charge in [0.1, 0.15) is 5.82 Å². The van der Waals surface area contributed by atoms with E-state index in [1.165, 1.54) is 23.3 Å². The first-order valence-corrected chi connectivity index (χ1v) is 8.70. The molecule has 1 atom stereocenters. The van der Waals surface area contributed by atoms with Crippen LogP contribution in [0.2, 0.25) is 5.02 Å². The zero-order chi connectivity index (χ0) is 17.4. The maximum Gasteiger partial charge on any atom is 0.124 e. The quantitative estimate of drug-likeness (QED) is 0.473.